The molecular formula is C18H23N3. The standard InChI is InChI=1S/C18H23N3/c1-18(2,3)12-5-8-16-14(9-12)15(11-20-13-6-7-13)17(10-19)21(16)4/h5,8-9,13,20H,6-7,11H2,1-4H3. The lowest BCUT2D eigenvalue weighted by Gasteiger charge is -2.19. The van der Waals surface area contributed by atoms with Gasteiger partial charge in [-0.05, 0) is 36.0 Å². The van der Waals surface area contributed by atoms with Gasteiger partial charge in [-0.2, -0.15) is 5.26 Å². The van der Waals surface area contributed by atoms with Gasteiger partial charge in [-0.15, -0.1) is 0 Å². The molecule has 0 amide bonds. The van der Waals surface area contributed by atoms with Crippen molar-refractivity contribution >= 4 is 10.9 Å². The Labute approximate surface area is 126 Å². The molecule has 1 aliphatic rings. The lowest BCUT2D eigenvalue weighted by molar-refractivity contribution is 0.591. The Morgan fingerprint density at radius 2 is 2.05 bits per heavy atom. The van der Waals surface area contributed by atoms with E-state index in [0.717, 1.165) is 23.3 Å². The largest absolute Gasteiger partial charge is 0.335 e. The Morgan fingerprint density at radius 3 is 2.62 bits per heavy atom. The number of fused-ring (bicyclic) bond motifs is 1. The van der Waals surface area contributed by atoms with E-state index in [4.69, 9.17) is 0 Å². The van der Waals surface area contributed by atoms with Crippen LogP contribution < -0.4 is 5.32 Å². The quantitative estimate of drug-likeness (QED) is 0.934. The summed E-state index contributed by atoms with van der Waals surface area (Å²) in [7, 11) is 1.98. The van der Waals surface area contributed by atoms with Crippen molar-refractivity contribution in [3.05, 3.63) is 35.0 Å². The second kappa shape index (κ2) is 4.89. The van der Waals surface area contributed by atoms with E-state index >= 15 is 0 Å². The summed E-state index contributed by atoms with van der Waals surface area (Å²) in [5, 5.41) is 14.3. The number of aromatic nitrogens is 1. The van der Waals surface area contributed by atoms with Gasteiger partial charge in [0.15, 0.2) is 0 Å². The van der Waals surface area contributed by atoms with Crippen LogP contribution in [0.4, 0.5) is 0 Å². The SMILES string of the molecule is Cn1c(C#N)c(CNC2CC2)c2cc(C(C)(C)C)ccc21. The van der Waals surface area contributed by atoms with E-state index in [1.54, 1.807) is 0 Å². The summed E-state index contributed by atoms with van der Waals surface area (Å²) in [6.45, 7) is 7.47. The minimum atomic E-state index is 0.123. The summed E-state index contributed by atoms with van der Waals surface area (Å²) in [5.41, 5.74) is 4.51. The molecule has 0 saturated heterocycles. The highest BCUT2D eigenvalue weighted by molar-refractivity contribution is 5.87. The van der Waals surface area contributed by atoms with Gasteiger partial charge in [0, 0.05) is 36.1 Å². The molecule has 0 atom stereocenters. The van der Waals surface area contributed by atoms with Crippen LogP contribution in [-0.2, 0) is 19.0 Å². The fraction of sp³-hybridized carbons (Fsp3) is 0.500. The average molecular weight is 281 g/mol. The van der Waals surface area contributed by atoms with Gasteiger partial charge in [-0.3, -0.25) is 0 Å². The molecule has 2 aromatic rings. The number of aryl methyl sites for hydroxylation is 1. The summed E-state index contributed by atoms with van der Waals surface area (Å²) >= 11 is 0. The van der Waals surface area contributed by atoms with Crippen molar-refractivity contribution < 1.29 is 0 Å². The van der Waals surface area contributed by atoms with E-state index in [-0.39, 0.29) is 5.41 Å². The van der Waals surface area contributed by atoms with E-state index in [1.807, 2.05) is 11.6 Å². The van der Waals surface area contributed by atoms with Crippen molar-refractivity contribution in [3.63, 3.8) is 0 Å². The highest BCUT2D eigenvalue weighted by atomic mass is 15.0. The van der Waals surface area contributed by atoms with Gasteiger partial charge in [-0.1, -0.05) is 26.8 Å². The maximum absolute atomic E-state index is 9.51. The lowest BCUT2D eigenvalue weighted by atomic mass is 9.86. The zero-order valence-electron chi connectivity index (χ0n) is 13.3. The summed E-state index contributed by atoms with van der Waals surface area (Å²) in [5.74, 6) is 0. The van der Waals surface area contributed by atoms with E-state index in [2.05, 4.69) is 50.4 Å². The van der Waals surface area contributed by atoms with Crippen LogP contribution in [0.1, 0.15) is 50.4 Å². The molecule has 0 radical (unpaired) electrons. The normalized spacial score (nSPS) is 15.4. The van der Waals surface area contributed by atoms with Gasteiger partial charge in [0.25, 0.3) is 0 Å². The van der Waals surface area contributed by atoms with Crippen LogP contribution in [0.2, 0.25) is 0 Å². The van der Waals surface area contributed by atoms with Gasteiger partial charge in [0.1, 0.15) is 11.8 Å². The molecule has 1 fully saturated rings. The molecule has 21 heavy (non-hydrogen) atoms. The Bertz CT molecular complexity index is 721. The van der Waals surface area contributed by atoms with E-state index < -0.39 is 0 Å². The van der Waals surface area contributed by atoms with Crippen LogP contribution in [0.5, 0.6) is 0 Å². The topological polar surface area (TPSA) is 40.8 Å². The van der Waals surface area contributed by atoms with E-state index in [0.29, 0.717) is 6.04 Å². The molecule has 3 nitrogen and oxygen atoms in total. The molecule has 0 aliphatic heterocycles. The Hall–Kier alpha value is -1.79. The third-order valence-electron chi connectivity index (χ3n) is 4.42. The Morgan fingerprint density at radius 1 is 1.33 bits per heavy atom. The first-order valence-corrected chi connectivity index (χ1v) is 7.67. The molecule has 1 heterocycles. The monoisotopic (exact) mass is 281 g/mol. The second-order valence-corrected chi connectivity index (χ2v) is 7.14. The van der Waals surface area contributed by atoms with Gasteiger partial charge in [-0.25, -0.2) is 0 Å². The van der Waals surface area contributed by atoms with Crippen LogP contribution in [0.3, 0.4) is 0 Å². The van der Waals surface area contributed by atoms with Crippen molar-refractivity contribution in [2.24, 2.45) is 7.05 Å². The van der Waals surface area contributed by atoms with Crippen molar-refractivity contribution in [1.29, 1.82) is 5.26 Å². The van der Waals surface area contributed by atoms with Crippen molar-refractivity contribution in [2.75, 3.05) is 0 Å². The second-order valence-electron chi connectivity index (χ2n) is 7.14. The fourth-order valence-corrected chi connectivity index (χ4v) is 2.84. The van der Waals surface area contributed by atoms with Gasteiger partial charge in [0.2, 0.25) is 0 Å². The zero-order chi connectivity index (χ0) is 15.2. The maximum atomic E-state index is 9.51. The number of rotatable bonds is 3. The minimum Gasteiger partial charge on any atom is -0.335 e. The molecule has 1 saturated carbocycles. The average Bonchev–Trinajstić information content (AvgIpc) is 3.21. The summed E-state index contributed by atoms with van der Waals surface area (Å²) < 4.78 is 2.02. The first-order valence-electron chi connectivity index (χ1n) is 7.67. The van der Waals surface area contributed by atoms with Crippen LogP contribution in [0, 0.1) is 11.3 Å². The Kier molecular flexibility index (Phi) is 3.30. The summed E-state index contributed by atoms with van der Waals surface area (Å²) in [6, 6.07) is 9.63. The molecule has 0 bridgehead atoms. The third-order valence-corrected chi connectivity index (χ3v) is 4.42. The number of nitrogens with one attached hydrogen (secondary N) is 1. The van der Waals surface area contributed by atoms with Crippen LogP contribution in [-0.4, -0.2) is 10.6 Å². The molecular weight excluding hydrogens is 258 g/mol. The summed E-state index contributed by atoms with van der Waals surface area (Å²) in [6.07, 6.45) is 2.53. The van der Waals surface area contributed by atoms with Crippen LogP contribution in [0.15, 0.2) is 18.2 Å². The van der Waals surface area contributed by atoms with Crippen LogP contribution >= 0.6 is 0 Å². The number of benzene rings is 1. The lowest BCUT2D eigenvalue weighted by Crippen LogP contribution is -2.16. The van der Waals surface area contributed by atoms with Gasteiger partial charge >= 0.3 is 0 Å². The van der Waals surface area contributed by atoms with Crippen LogP contribution in [0.25, 0.3) is 10.9 Å². The predicted molar refractivity (Wildman–Crippen MR) is 86.2 cm³/mol. The van der Waals surface area contributed by atoms with E-state index in [1.165, 1.54) is 23.8 Å². The number of hydrogen-bond acceptors (Lipinski definition) is 2. The molecule has 0 unspecified atom stereocenters. The van der Waals surface area contributed by atoms with E-state index in [9.17, 15) is 5.26 Å². The smallest absolute Gasteiger partial charge is 0.125 e. The first kappa shape index (κ1) is 14.2. The third kappa shape index (κ3) is 2.56. The van der Waals surface area contributed by atoms with Crippen molar-refractivity contribution in [3.8, 4) is 6.07 Å². The Balaban J connectivity index is 2.13. The molecule has 1 aliphatic carbocycles. The maximum Gasteiger partial charge on any atom is 0.125 e. The zero-order valence-corrected chi connectivity index (χ0v) is 13.3. The molecule has 1 aromatic carbocycles. The van der Waals surface area contributed by atoms with Crippen molar-refractivity contribution in [1.82, 2.24) is 9.88 Å². The fourth-order valence-electron chi connectivity index (χ4n) is 2.84. The molecule has 3 rings (SSSR count). The molecule has 0 spiro atoms. The molecule has 110 valence electrons. The first-order chi connectivity index (χ1) is 9.91. The minimum absolute atomic E-state index is 0.123. The van der Waals surface area contributed by atoms with Crippen molar-refractivity contribution in [2.45, 2.75) is 51.6 Å². The number of hydrogen-bond donors (Lipinski definition) is 1. The number of nitriles is 1. The molecule has 3 heteroatoms. The highest BCUT2D eigenvalue weighted by Crippen LogP contribution is 2.31. The van der Waals surface area contributed by atoms with Gasteiger partial charge < -0.3 is 9.88 Å². The highest BCUT2D eigenvalue weighted by Gasteiger charge is 2.23. The molecule has 1 N–H and O–H groups in total. The molecule has 1 aromatic heterocycles. The predicted octanol–water partition coefficient (Wildman–Crippen LogP) is 3.60. The van der Waals surface area contributed by atoms with Gasteiger partial charge in [0.05, 0.1) is 0 Å². The number of nitrogens with zero attached hydrogens (tertiary/aromatic N) is 2. The summed E-state index contributed by atoms with van der Waals surface area (Å²) in [4.78, 5) is 0.